The quantitative estimate of drug-likeness (QED) is 0.664. The van der Waals surface area contributed by atoms with Gasteiger partial charge in [-0.3, -0.25) is 4.79 Å². The van der Waals surface area contributed by atoms with Crippen molar-refractivity contribution in [2.24, 2.45) is 0 Å². The SMILES string of the molecule is CN1CCC(N(CCc2ccccc2)C(=O)Cc2cnc3ccccn23)CC1. The average molecular weight is 377 g/mol. The fourth-order valence-corrected chi connectivity index (χ4v) is 4.08. The number of imidazole rings is 1. The molecule has 0 bridgehead atoms. The van der Waals surface area contributed by atoms with E-state index in [-0.39, 0.29) is 5.91 Å². The summed E-state index contributed by atoms with van der Waals surface area (Å²) >= 11 is 0. The van der Waals surface area contributed by atoms with E-state index >= 15 is 0 Å². The first-order chi connectivity index (χ1) is 13.7. The zero-order chi connectivity index (χ0) is 19.3. The molecule has 0 radical (unpaired) electrons. The maximum atomic E-state index is 13.3. The Balaban J connectivity index is 1.50. The molecule has 0 saturated carbocycles. The van der Waals surface area contributed by atoms with Gasteiger partial charge in [0.2, 0.25) is 5.91 Å². The number of carbonyl (C=O) groups excluding carboxylic acids is 1. The number of aromatic nitrogens is 2. The van der Waals surface area contributed by atoms with E-state index in [9.17, 15) is 4.79 Å². The minimum Gasteiger partial charge on any atom is -0.339 e. The molecule has 28 heavy (non-hydrogen) atoms. The van der Waals surface area contributed by atoms with E-state index in [2.05, 4.69) is 46.1 Å². The van der Waals surface area contributed by atoms with Crippen LogP contribution in [0, 0.1) is 0 Å². The predicted octanol–water partition coefficient (Wildman–Crippen LogP) is 3.04. The molecule has 5 heteroatoms. The van der Waals surface area contributed by atoms with Crippen molar-refractivity contribution < 1.29 is 4.79 Å². The lowest BCUT2D eigenvalue weighted by Crippen LogP contribution is -2.48. The van der Waals surface area contributed by atoms with Gasteiger partial charge in [0.05, 0.1) is 12.1 Å². The van der Waals surface area contributed by atoms with E-state index in [4.69, 9.17) is 0 Å². The smallest absolute Gasteiger partial charge is 0.228 e. The third-order valence-electron chi connectivity index (χ3n) is 5.76. The zero-order valence-electron chi connectivity index (χ0n) is 16.5. The van der Waals surface area contributed by atoms with Gasteiger partial charge < -0.3 is 14.2 Å². The molecule has 1 fully saturated rings. The number of pyridine rings is 1. The van der Waals surface area contributed by atoms with Crippen molar-refractivity contribution in [3.63, 3.8) is 0 Å². The molecule has 5 nitrogen and oxygen atoms in total. The fourth-order valence-electron chi connectivity index (χ4n) is 4.08. The number of rotatable bonds is 6. The lowest BCUT2D eigenvalue weighted by molar-refractivity contribution is -0.133. The van der Waals surface area contributed by atoms with Crippen molar-refractivity contribution in [2.75, 3.05) is 26.7 Å². The second-order valence-corrected chi connectivity index (χ2v) is 7.71. The zero-order valence-corrected chi connectivity index (χ0v) is 16.5. The van der Waals surface area contributed by atoms with E-state index in [1.54, 1.807) is 0 Å². The molecule has 3 aromatic rings. The van der Waals surface area contributed by atoms with E-state index in [1.807, 2.05) is 41.1 Å². The Bertz CT molecular complexity index is 913. The fraction of sp³-hybridized carbons (Fsp3) is 0.391. The molecule has 1 amide bonds. The molecule has 4 rings (SSSR count). The van der Waals surface area contributed by atoms with Gasteiger partial charge in [-0.15, -0.1) is 0 Å². The van der Waals surface area contributed by atoms with Crippen molar-refractivity contribution in [1.82, 2.24) is 19.2 Å². The van der Waals surface area contributed by atoms with Gasteiger partial charge in [0.1, 0.15) is 5.65 Å². The lowest BCUT2D eigenvalue weighted by Gasteiger charge is -2.37. The van der Waals surface area contributed by atoms with Gasteiger partial charge in [-0.25, -0.2) is 4.98 Å². The molecule has 0 spiro atoms. The Kier molecular flexibility index (Phi) is 5.72. The number of hydrogen-bond acceptors (Lipinski definition) is 3. The number of fused-ring (bicyclic) bond motifs is 1. The molecular formula is C23H28N4O. The van der Waals surface area contributed by atoms with Gasteiger partial charge in [-0.1, -0.05) is 36.4 Å². The van der Waals surface area contributed by atoms with Crippen LogP contribution in [0.15, 0.2) is 60.9 Å². The van der Waals surface area contributed by atoms with Gasteiger partial charge in [0.25, 0.3) is 0 Å². The first-order valence-corrected chi connectivity index (χ1v) is 10.1. The van der Waals surface area contributed by atoms with Crippen molar-refractivity contribution >= 4 is 11.6 Å². The Morgan fingerprint density at radius 3 is 2.64 bits per heavy atom. The van der Waals surface area contributed by atoms with Crippen molar-refractivity contribution in [3.8, 4) is 0 Å². The number of amides is 1. The third kappa shape index (κ3) is 4.25. The molecule has 2 aromatic heterocycles. The molecule has 1 aromatic carbocycles. The van der Waals surface area contributed by atoms with Crippen LogP contribution in [0.1, 0.15) is 24.1 Å². The van der Waals surface area contributed by atoms with Crippen LogP contribution < -0.4 is 0 Å². The van der Waals surface area contributed by atoms with Crippen LogP contribution in [0.3, 0.4) is 0 Å². The number of piperidine rings is 1. The summed E-state index contributed by atoms with van der Waals surface area (Å²) < 4.78 is 2.02. The van der Waals surface area contributed by atoms with Gasteiger partial charge in [0.15, 0.2) is 0 Å². The summed E-state index contributed by atoms with van der Waals surface area (Å²) in [5, 5.41) is 0. The topological polar surface area (TPSA) is 40.8 Å². The van der Waals surface area contributed by atoms with Crippen molar-refractivity contribution in [1.29, 1.82) is 0 Å². The van der Waals surface area contributed by atoms with E-state index in [1.165, 1.54) is 5.56 Å². The summed E-state index contributed by atoms with van der Waals surface area (Å²) in [6.07, 6.45) is 7.19. The first kappa shape index (κ1) is 18.7. The molecule has 1 aliphatic rings. The second kappa shape index (κ2) is 8.57. The van der Waals surface area contributed by atoms with Crippen LogP contribution in [0.4, 0.5) is 0 Å². The number of hydrogen-bond donors (Lipinski definition) is 0. The van der Waals surface area contributed by atoms with Crippen LogP contribution >= 0.6 is 0 Å². The predicted molar refractivity (Wildman–Crippen MR) is 111 cm³/mol. The van der Waals surface area contributed by atoms with Gasteiger partial charge in [0, 0.05) is 25.0 Å². The minimum atomic E-state index is 0.205. The Labute approximate surface area is 166 Å². The maximum absolute atomic E-state index is 13.3. The summed E-state index contributed by atoms with van der Waals surface area (Å²) in [5.41, 5.74) is 3.13. The third-order valence-corrected chi connectivity index (χ3v) is 5.76. The summed E-state index contributed by atoms with van der Waals surface area (Å²) in [7, 11) is 2.16. The second-order valence-electron chi connectivity index (χ2n) is 7.71. The number of benzene rings is 1. The molecule has 3 heterocycles. The Hall–Kier alpha value is -2.66. The van der Waals surface area contributed by atoms with Crippen LogP contribution in [-0.2, 0) is 17.6 Å². The highest BCUT2D eigenvalue weighted by Gasteiger charge is 2.27. The summed E-state index contributed by atoms with van der Waals surface area (Å²) in [6.45, 7) is 2.87. The maximum Gasteiger partial charge on any atom is 0.228 e. The monoisotopic (exact) mass is 376 g/mol. The lowest BCUT2D eigenvalue weighted by atomic mass is 10.0. The standard InChI is InChI=1S/C23H28N4O/c1-25-14-11-20(12-15-25)27(16-10-19-7-3-2-4-8-19)23(28)17-21-18-24-22-9-5-6-13-26(21)22/h2-9,13,18,20H,10-12,14-17H2,1H3. The number of likely N-dealkylation sites (tertiary alicyclic amines) is 1. The Morgan fingerprint density at radius 2 is 1.86 bits per heavy atom. The first-order valence-electron chi connectivity index (χ1n) is 10.1. The molecule has 0 atom stereocenters. The molecule has 1 aliphatic heterocycles. The highest BCUT2D eigenvalue weighted by atomic mass is 16.2. The van der Waals surface area contributed by atoms with Gasteiger partial charge in [-0.05, 0) is 57.1 Å². The largest absolute Gasteiger partial charge is 0.339 e. The molecule has 0 N–H and O–H groups in total. The average Bonchev–Trinajstić information content (AvgIpc) is 3.13. The summed E-state index contributed by atoms with van der Waals surface area (Å²) in [5.74, 6) is 0.205. The summed E-state index contributed by atoms with van der Waals surface area (Å²) in [6, 6.07) is 16.7. The molecular weight excluding hydrogens is 348 g/mol. The van der Waals surface area contributed by atoms with Crippen molar-refractivity contribution in [3.05, 3.63) is 72.2 Å². The van der Waals surface area contributed by atoms with Crippen LogP contribution in [-0.4, -0.2) is 57.8 Å². The molecule has 146 valence electrons. The van der Waals surface area contributed by atoms with E-state index in [0.29, 0.717) is 12.5 Å². The minimum absolute atomic E-state index is 0.205. The Morgan fingerprint density at radius 1 is 1.11 bits per heavy atom. The van der Waals surface area contributed by atoms with Gasteiger partial charge >= 0.3 is 0 Å². The molecule has 0 aliphatic carbocycles. The van der Waals surface area contributed by atoms with Gasteiger partial charge in [-0.2, -0.15) is 0 Å². The normalized spacial score (nSPS) is 15.8. The number of carbonyl (C=O) groups is 1. The van der Waals surface area contributed by atoms with E-state index in [0.717, 1.165) is 50.2 Å². The van der Waals surface area contributed by atoms with E-state index < -0.39 is 0 Å². The highest BCUT2D eigenvalue weighted by molar-refractivity contribution is 5.79. The molecule has 0 unspecified atom stereocenters. The van der Waals surface area contributed by atoms with Crippen LogP contribution in [0.25, 0.3) is 5.65 Å². The van der Waals surface area contributed by atoms with Crippen molar-refractivity contribution in [2.45, 2.75) is 31.7 Å². The molecule has 1 saturated heterocycles. The van der Waals surface area contributed by atoms with Crippen LogP contribution in [0.5, 0.6) is 0 Å². The summed E-state index contributed by atoms with van der Waals surface area (Å²) in [4.78, 5) is 22.2. The van der Waals surface area contributed by atoms with Crippen LogP contribution in [0.2, 0.25) is 0 Å². The highest BCUT2D eigenvalue weighted by Crippen LogP contribution is 2.18. The number of nitrogens with zero attached hydrogens (tertiary/aromatic N) is 4.